The Morgan fingerprint density at radius 3 is 2.38 bits per heavy atom. The molecule has 2 atom stereocenters. The molecular weight excluding hydrogens is 212 g/mol. The van der Waals surface area contributed by atoms with Crippen LogP contribution in [0.4, 0.5) is 0 Å². The molecule has 0 N–H and O–H groups in total. The third kappa shape index (κ3) is 3.46. The SMILES string of the molecule is CCCCC(C)c1ccccc1C(C)O[Si]. The monoisotopic (exact) mass is 233 g/mol. The maximum Gasteiger partial charge on any atom is 0.247 e. The summed E-state index contributed by atoms with van der Waals surface area (Å²) >= 11 is 0. The summed E-state index contributed by atoms with van der Waals surface area (Å²) in [5.74, 6) is 0.611. The third-order valence-corrected chi connectivity index (χ3v) is 3.49. The van der Waals surface area contributed by atoms with Gasteiger partial charge in [0.2, 0.25) is 10.5 Å². The van der Waals surface area contributed by atoms with E-state index < -0.39 is 0 Å². The van der Waals surface area contributed by atoms with Crippen LogP contribution in [0, 0.1) is 0 Å². The van der Waals surface area contributed by atoms with Crippen molar-refractivity contribution in [2.75, 3.05) is 0 Å². The third-order valence-electron chi connectivity index (χ3n) is 3.13. The molecule has 0 spiro atoms. The summed E-state index contributed by atoms with van der Waals surface area (Å²) in [4.78, 5) is 0. The summed E-state index contributed by atoms with van der Waals surface area (Å²) in [5, 5.41) is 0. The molecule has 1 aromatic rings. The highest BCUT2D eigenvalue weighted by Crippen LogP contribution is 2.29. The average molecular weight is 233 g/mol. The van der Waals surface area contributed by atoms with E-state index in [0.29, 0.717) is 5.92 Å². The van der Waals surface area contributed by atoms with Gasteiger partial charge in [0.25, 0.3) is 0 Å². The van der Waals surface area contributed by atoms with Gasteiger partial charge in [0, 0.05) is 0 Å². The highest BCUT2D eigenvalue weighted by molar-refractivity contribution is 5.98. The minimum absolute atomic E-state index is 0.108. The van der Waals surface area contributed by atoms with Crippen LogP contribution in [0.2, 0.25) is 0 Å². The van der Waals surface area contributed by atoms with Crippen molar-refractivity contribution < 1.29 is 4.43 Å². The zero-order valence-corrected chi connectivity index (χ0v) is 11.5. The molecule has 0 bridgehead atoms. The summed E-state index contributed by atoms with van der Waals surface area (Å²) < 4.78 is 5.24. The maximum absolute atomic E-state index is 5.24. The molecule has 16 heavy (non-hydrogen) atoms. The Kier molecular flexibility index (Phi) is 5.78. The molecular formula is C14H21OSi. The lowest BCUT2D eigenvalue weighted by Crippen LogP contribution is -2.04. The number of hydrogen-bond donors (Lipinski definition) is 0. The molecule has 3 radical (unpaired) electrons. The van der Waals surface area contributed by atoms with Gasteiger partial charge in [-0.3, -0.25) is 0 Å². The molecule has 0 aromatic heterocycles. The van der Waals surface area contributed by atoms with Crippen LogP contribution in [0.3, 0.4) is 0 Å². The first-order chi connectivity index (χ1) is 7.70. The largest absolute Gasteiger partial charge is 0.412 e. The fourth-order valence-electron chi connectivity index (χ4n) is 2.06. The summed E-state index contributed by atoms with van der Waals surface area (Å²) in [5.41, 5.74) is 2.71. The van der Waals surface area contributed by atoms with Crippen LogP contribution in [0.5, 0.6) is 0 Å². The standard InChI is InChI=1S/C14H21OSi/c1-4-5-8-11(2)13-9-6-7-10-14(13)12(3)15-16/h6-7,9-12H,4-5,8H2,1-3H3. The Hall–Kier alpha value is -0.603. The molecule has 0 heterocycles. The minimum Gasteiger partial charge on any atom is -0.412 e. The van der Waals surface area contributed by atoms with Crippen LogP contribution in [0.25, 0.3) is 0 Å². The molecule has 87 valence electrons. The van der Waals surface area contributed by atoms with Gasteiger partial charge in [-0.2, -0.15) is 0 Å². The Morgan fingerprint density at radius 2 is 1.81 bits per heavy atom. The van der Waals surface area contributed by atoms with Crippen molar-refractivity contribution in [3.05, 3.63) is 35.4 Å². The van der Waals surface area contributed by atoms with Crippen molar-refractivity contribution in [2.24, 2.45) is 0 Å². The van der Waals surface area contributed by atoms with Crippen molar-refractivity contribution >= 4 is 10.5 Å². The Labute approximate surface area is 103 Å². The van der Waals surface area contributed by atoms with E-state index in [4.69, 9.17) is 4.43 Å². The van der Waals surface area contributed by atoms with E-state index in [1.54, 1.807) is 0 Å². The van der Waals surface area contributed by atoms with Gasteiger partial charge in [-0.1, -0.05) is 51.0 Å². The number of benzene rings is 1. The van der Waals surface area contributed by atoms with Gasteiger partial charge >= 0.3 is 0 Å². The Balaban J connectivity index is 2.85. The average Bonchev–Trinajstić information content (AvgIpc) is 2.35. The van der Waals surface area contributed by atoms with Crippen molar-refractivity contribution in [1.29, 1.82) is 0 Å². The number of rotatable bonds is 6. The lowest BCUT2D eigenvalue weighted by Gasteiger charge is -2.20. The zero-order chi connectivity index (χ0) is 12.0. The summed E-state index contributed by atoms with van der Waals surface area (Å²) in [6, 6.07) is 8.56. The number of hydrogen-bond acceptors (Lipinski definition) is 1. The maximum atomic E-state index is 5.24. The first-order valence-corrected chi connectivity index (χ1v) is 6.52. The van der Waals surface area contributed by atoms with E-state index in [0.717, 1.165) is 0 Å². The molecule has 0 aliphatic heterocycles. The van der Waals surface area contributed by atoms with Crippen molar-refractivity contribution in [3.8, 4) is 0 Å². The van der Waals surface area contributed by atoms with Gasteiger partial charge in [0.15, 0.2) is 0 Å². The van der Waals surface area contributed by atoms with Gasteiger partial charge in [0.05, 0.1) is 6.10 Å². The van der Waals surface area contributed by atoms with Gasteiger partial charge in [-0.25, -0.2) is 0 Å². The van der Waals surface area contributed by atoms with E-state index in [-0.39, 0.29) is 6.10 Å². The smallest absolute Gasteiger partial charge is 0.247 e. The molecule has 0 amide bonds. The van der Waals surface area contributed by atoms with E-state index in [1.165, 1.54) is 30.4 Å². The van der Waals surface area contributed by atoms with E-state index in [9.17, 15) is 0 Å². The van der Waals surface area contributed by atoms with Crippen LogP contribution in [-0.2, 0) is 4.43 Å². The first-order valence-electron chi connectivity index (χ1n) is 6.11. The topological polar surface area (TPSA) is 9.23 Å². The summed E-state index contributed by atoms with van der Waals surface area (Å²) in [7, 11) is 3.14. The quantitative estimate of drug-likeness (QED) is 0.671. The second-order valence-corrected chi connectivity index (χ2v) is 4.67. The van der Waals surface area contributed by atoms with E-state index in [1.807, 2.05) is 0 Å². The molecule has 0 aliphatic rings. The molecule has 2 unspecified atom stereocenters. The Bertz CT molecular complexity index is 311. The van der Waals surface area contributed by atoms with Gasteiger partial charge < -0.3 is 4.43 Å². The highest BCUT2D eigenvalue weighted by atomic mass is 28.2. The molecule has 0 fully saturated rings. The van der Waals surface area contributed by atoms with Crippen molar-refractivity contribution in [2.45, 2.75) is 52.1 Å². The molecule has 1 aromatic carbocycles. The molecule has 1 nitrogen and oxygen atoms in total. The normalized spacial score (nSPS) is 14.8. The van der Waals surface area contributed by atoms with Crippen LogP contribution in [0.15, 0.2) is 24.3 Å². The Morgan fingerprint density at radius 1 is 1.19 bits per heavy atom. The van der Waals surface area contributed by atoms with Crippen LogP contribution in [-0.4, -0.2) is 10.5 Å². The zero-order valence-electron chi connectivity index (χ0n) is 10.5. The molecule has 1 rings (SSSR count). The lowest BCUT2D eigenvalue weighted by molar-refractivity contribution is 0.248. The fraction of sp³-hybridized carbons (Fsp3) is 0.571. The van der Waals surface area contributed by atoms with Gasteiger partial charge in [-0.15, -0.1) is 0 Å². The van der Waals surface area contributed by atoms with Crippen molar-refractivity contribution in [1.82, 2.24) is 0 Å². The second-order valence-electron chi connectivity index (χ2n) is 4.43. The fourth-order valence-corrected chi connectivity index (χ4v) is 2.19. The van der Waals surface area contributed by atoms with Crippen LogP contribution >= 0.6 is 0 Å². The van der Waals surface area contributed by atoms with Crippen LogP contribution in [0.1, 0.15) is 63.2 Å². The molecule has 2 heteroatoms. The lowest BCUT2D eigenvalue weighted by atomic mass is 9.90. The van der Waals surface area contributed by atoms with Gasteiger partial charge in [0.1, 0.15) is 0 Å². The highest BCUT2D eigenvalue weighted by Gasteiger charge is 2.13. The summed E-state index contributed by atoms with van der Waals surface area (Å²) in [6.45, 7) is 6.61. The molecule has 0 aliphatic carbocycles. The molecule has 0 saturated heterocycles. The summed E-state index contributed by atoms with van der Waals surface area (Å²) in [6.07, 6.45) is 3.91. The van der Waals surface area contributed by atoms with E-state index >= 15 is 0 Å². The predicted molar refractivity (Wildman–Crippen MR) is 69.6 cm³/mol. The van der Waals surface area contributed by atoms with Crippen molar-refractivity contribution in [3.63, 3.8) is 0 Å². The number of unbranched alkanes of at least 4 members (excludes halogenated alkanes) is 1. The first kappa shape index (κ1) is 13.5. The van der Waals surface area contributed by atoms with Crippen LogP contribution < -0.4 is 0 Å². The van der Waals surface area contributed by atoms with Gasteiger partial charge in [-0.05, 0) is 30.4 Å². The predicted octanol–water partition coefficient (Wildman–Crippen LogP) is 4.14. The minimum atomic E-state index is 0.108. The molecule has 0 saturated carbocycles. The second kappa shape index (κ2) is 6.87. The van der Waals surface area contributed by atoms with E-state index in [2.05, 4.69) is 55.5 Å².